The van der Waals surface area contributed by atoms with Gasteiger partial charge in [-0.15, -0.1) is 0 Å². The molecule has 1 aromatic rings. The van der Waals surface area contributed by atoms with Crippen molar-refractivity contribution in [3.63, 3.8) is 0 Å². The Morgan fingerprint density at radius 1 is 1.26 bits per heavy atom. The van der Waals surface area contributed by atoms with Crippen molar-refractivity contribution in [2.24, 2.45) is 5.73 Å². The van der Waals surface area contributed by atoms with E-state index >= 15 is 0 Å². The van der Waals surface area contributed by atoms with Gasteiger partial charge in [0, 0.05) is 0 Å². The van der Waals surface area contributed by atoms with Crippen LogP contribution in [-0.4, -0.2) is 35.1 Å². The molecule has 3 N–H and O–H groups in total. The fraction of sp³-hybridized carbons (Fsp3) is 0.231. The first-order chi connectivity index (χ1) is 10.6. The third kappa shape index (κ3) is 4.52. The number of imide groups is 1. The molecule has 23 heavy (non-hydrogen) atoms. The van der Waals surface area contributed by atoms with Crippen molar-refractivity contribution in [3.05, 3.63) is 29.8 Å². The van der Waals surface area contributed by atoms with E-state index in [9.17, 15) is 27.6 Å². The zero-order valence-corrected chi connectivity index (χ0v) is 11.4. The largest absolute Gasteiger partial charge is 0.481 e. The first-order valence-corrected chi connectivity index (χ1v) is 6.00. The highest BCUT2D eigenvalue weighted by Crippen LogP contribution is 2.25. The van der Waals surface area contributed by atoms with Gasteiger partial charge in [-0.2, -0.15) is 18.4 Å². The van der Waals surface area contributed by atoms with E-state index in [1.165, 1.54) is 0 Å². The number of alkyl halides is 3. The molecule has 0 aliphatic heterocycles. The number of carbonyl (C=O) groups excluding carboxylic acids is 2. The van der Waals surface area contributed by atoms with E-state index in [4.69, 9.17) is 16.1 Å². The van der Waals surface area contributed by atoms with Crippen LogP contribution < -0.4 is 10.6 Å². The van der Waals surface area contributed by atoms with Gasteiger partial charge in [0.05, 0.1) is 29.8 Å². The number of nitrogens with zero attached hydrogens (tertiary/aromatic N) is 2. The molecule has 10 heteroatoms. The number of nitriles is 1. The molecule has 0 saturated carbocycles. The first kappa shape index (κ1) is 18.1. The SMILES string of the molecule is N#Cc1ccc(N(C(=O)[C@@H](N)CC(=O)O)C(=O)C(F)(F)F)cc1. The van der Waals surface area contributed by atoms with Crippen LogP contribution in [0.5, 0.6) is 0 Å². The average Bonchev–Trinajstić information content (AvgIpc) is 2.46. The average molecular weight is 329 g/mol. The lowest BCUT2D eigenvalue weighted by Crippen LogP contribution is -2.52. The van der Waals surface area contributed by atoms with E-state index in [0.29, 0.717) is 0 Å². The minimum atomic E-state index is -5.37. The van der Waals surface area contributed by atoms with Crippen molar-refractivity contribution >= 4 is 23.5 Å². The van der Waals surface area contributed by atoms with Gasteiger partial charge in [0.15, 0.2) is 0 Å². The van der Waals surface area contributed by atoms with E-state index in [0.717, 1.165) is 24.3 Å². The molecule has 1 rings (SSSR count). The highest BCUT2D eigenvalue weighted by atomic mass is 19.4. The molecule has 0 fully saturated rings. The van der Waals surface area contributed by atoms with Crippen LogP contribution >= 0.6 is 0 Å². The molecule has 7 nitrogen and oxygen atoms in total. The summed E-state index contributed by atoms with van der Waals surface area (Å²) in [6.45, 7) is 0. The third-order valence-electron chi connectivity index (χ3n) is 2.63. The first-order valence-electron chi connectivity index (χ1n) is 6.00. The summed E-state index contributed by atoms with van der Waals surface area (Å²) in [6.07, 6.45) is -6.32. The summed E-state index contributed by atoms with van der Waals surface area (Å²) in [5.74, 6) is -5.53. The van der Waals surface area contributed by atoms with Gasteiger partial charge in [-0.1, -0.05) is 0 Å². The molecule has 0 aliphatic carbocycles. The van der Waals surface area contributed by atoms with Crippen molar-refractivity contribution in [1.82, 2.24) is 0 Å². The van der Waals surface area contributed by atoms with Gasteiger partial charge in [-0.05, 0) is 24.3 Å². The number of hydrogen-bond acceptors (Lipinski definition) is 5. The summed E-state index contributed by atoms with van der Waals surface area (Å²) < 4.78 is 38.0. The number of amides is 2. The maximum absolute atomic E-state index is 12.7. The summed E-state index contributed by atoms with van der Waals surface area (Å²) in [5.41, 5.74) is 4.87. The molecular weight excluding hydrogens is 319 g/mol. The summed E-state index contributed by atoms with van der Waals surface area (Å²) in [5, 5.41) is 17.2. The summed E-state index contributed by atoms with van der Waals surface area (Å²) >= 11 is 0. The second kappa shape index (κ2) is 6.89. The fourth-order valence-corrected chi connectivity index (χ4v) is 1.60. The number of benzene rings is 1. The molecule has 0 aromatic heterocycles. The van der Waals surface area contributed by atoms with Gasteiger partial charge in [0.2, 0.25) is 0 Å². The lowest BCUT2D eigenvalue weighted by Gasteiger charge is -2.24. The van der Waals surface area contributed by atoms with Gasteiger partial charge >= 0.3 is 18.1 Å². The number of halogens is 3. The minimum Gasteiger partial charge on any atom is -0.481 e. The molecule has 0 bridgehead atoms. The Kier molecular flexibility index (Phi) is 5.43. The smallest absolute Gasteiger partial charge is 0.472 e. The maximum Gasteiger partial charge on any atom is 0.472 e. The van der Waals surface area contributed by atoms with E-state index in [-0.39, 0.29) is 10.5 Å². The minimum absolute atomic E-state index is 0.0930. The van der Waals surface area contributed by atoms with Crippen LogP contribution in [0.4, 0.5) is 18.9 Å². The topological polar surface area (TPSA) is 124 Å². The van der Waals surface area contributed by atoms with Gasteiger partial charge in [-0.3, -0.25) is 14.4 Å². The van der Waals surface area contributed by atoms with Crippen molar-refractivity contribution in [1.29, 1.82) is 5.26 Å². The van der Waals surface area contributed by atoms with Crippen molar-refractivity contribution < 1.29 is 32.7 Å². The van der Waals surface area contributed by atoms with E-state index in [2.05, 4.69) is 0 Å². The molecule has 1 aromatic carbocycles. The normalized spacial score (nSPS) is 12.1. The number of carboxylic acids is 1. The molecule has 0 aliphatic rings. The van der Waals surface area contributed by atoms with Gasteiger partial charge < -0.3 is 10.8 Å². The van der Waals surface area contributed by atoms with Crippen LogP contribution in [0.1, 0.15) is 12.0 Å². The summed E-state index contributed by atoms with van der Waals surface area (Å²) in [6, 6.07) is 3.98. The molecule has 0 radical (unpaired) electrons. The Bertz CT molecular complexity index is 665. The maximum atomic E-state index is 12.7. The second-order valence-corrected chi connectivity index (χ2v) is 4.34. The van der Waals surface area contributed by atoms with Crippen molar-refractivity contribution in [2.75, 3.05) is 4.90 Å². The van der Waals surface area contributed by atoms with Crippen molar-refractivity contribution in [2.45, 2.75) is 18.6 Å². The summed E-state index contributed by atoms with van der Waals surface area (Å²) in [4.78, 5) is 33.7. The predicted molar refractivity (Wildman–Crippen MR) is 69.9 cm³/mol. The molecule has 0 unspecified atom stereocenters. The number of carbonyl (C=O) groups is 3. The zero-order valence-electron chi connectivity index (χ0n) is 11.4. The van der Waals surface area contributed by atoms with Crippen molar-refractivity contribution in [3.8, 4) is 6.07 Å². The fourth-order valence-electron chi connectivity index (χ4n) is 1.60. The Balaban J connectivity index is 3.26. The lowest BCUT2D eigenvalue weighted by atomic mass is 10.1. The standard InChI is InChI=1S/C13H10F3N3O4/c14-13(15,16)12(23)19(11(22)9(18)5-10(20)21)8-3-1-7(6-17)2-4-8/h1-4,9H,5,18H2,(H,20,21)/t9-/m0/s1. The molecular formula is C13H10F3N3O4. The van der Waals surface area contributed by atoms with Gasteiger partial charge in [0.25, 0.3) is 5.91 Å². The number of hydrogen-bond donors (Lipinski definition) is 2. The third-order valence-corrected chi connectivity index (χ3v) is 2.63. The van der Waals surface area contributed by atoms with Crippen LogP contribution in [-0.2, 0) is 14.4 Å². The highest BCUT2D eigenvalue weighted by molar-refractivity contribution is 6.18. The van der Waals surface area contributed by atoms with E-state index in [1.54, 1.807) is 6.07 Å². The number of aliphatic carboxylic acids is 1. The zero-order chi connectivity index (χ0) is 17.8. The molecule has 122 valence electrons. The Hall–Kier alpha value is -2.93. The Morgan fingerprint density at radius 2 is 1.78 bits per heavy atom. The summed E-state index contributed by atoms with van der Waals surface area (Å²) in [7, 11) is 0. The van der Waals surface area contributed by atoms with Crippen LogP contribution in [0.25, 0.3) is 0 Å². The molecule has 2 amide bonds. The van der Waals surface area contributed by atoms with Gasteiger partial charge in [-0.25, -0.2) is 4.90 Å². The van der Waals surface area contributed by atoms with Crippen LogP contribution in [0, 0.1) is 11.3 Å². The number of carboxylic acid groups (broad SMARTS) is 1. The number of rotatable bonds is 4. The van der Waals surface area contributed by atoms with Crippen LogP contribution in [0.3, 0.4) is 0 Å². The quantitative estimate of drug-likeness (QED) is 0.841. The number of nitrogens with two attached hydrogens (primary N) is 1. The van der Waals surface area contributed by atoms with E-state index in [1.807, 2.05) is 0 Å². The monoisotopic (exact) mass is 329 g/mol. The Morgan fingerprint density at radius 3 is 2.17 bits per heavy atom. The number of anilines is 1. The lowest BCUT2D eigenvalue weighted by molar-refractivity contribution is -0.171. The predicted octanol–water partition coefficient (Wildman–Crippen LogP) is 0.782. The molecule has 0 saturated heterocycles. The molecule has 0 heterocycles. The van der Waals surface area contributed by atoms with E-state index < -0.39 is 42.1 Å². The van der Waals surface area contributed by atoms with Crippen LogP contribution in [0.15, 0.2) is 24.3 Å². The van der Waals surface area contributed by atoms with Crippen LogP contribution in [0.2, 0.25) is 0 Å². The second-order valence-electron chi connectivity index (χ2n) is 4.34. The molecule has 1 atom stereocenters. The Labute approximate surface area is 127 Å². The highest BCUT2D eigenvalue weighted by Gasteiger charge is 2.46. The van der Waals surface area contributed by atoms with Gasteiger partial charge in [0.1, 0.15) is 0 Å². The molecule has 0 spiro atoms.